The summed E-state index contributed by atoms with van der Waals surface area (Å²) in [6.07, 6.45) is 3.76. The second kappa shape index (κ2) is 7.48. The topological polar surface area (TPSA) is 43.3 Å². The van der Waals surface area contributed by atoms with Gasteiger partial charge >= 0.3 is 0 Å². The van der Waals surface area contributed by atoms with Gasteiger partial charge in [-0.3, -0.25) is 4.79 Å². The molecular formula is C20H15BrClNO3. The number of benzene rings is 2. The molecule has 4 nitrogen and oxygen atoms in total. The minimum absolute atomic E-state index is 0. The zero-order chi connectivity index (χ0) is 17.4. The molecule has 0 aliphatic rings. The highest BCUT2D eigenvalue weighted by Crippen LogP contribution is 2.21. The van der Waals surface area contributed by atoms with Crippen molar-refractivity contribution in [3.63, 3.8) is 0 Å². The monoisotopic (exact) mass is 431 g/mol. The maximum absolute atomic E-state index is 12.8. The van der Waals surface area contributed by atoms with E-state index >= 15 is 0 Å². The summed E-state index contributed by atoms with van der Waals surface area (Å²) >= 11 is 3.41. The number of pyridine rings is 1. The maximum Gasteiger partial charge on any atom is 0.206 e. The molecule has 4 aromatic rings. The van der Waals surface area contributed by atoms with Crippen LogP contribution in [0.15, 0.2) is 74.6 Å². The van der Waals surface area contributed by atoms with Crippen LogP contribution in [0.4, 0.5) is 0 Å². The molecule has 6 heteroatoms. The lowest BCUT2D eigenvalue weighted by Crippen LogP contribution is -3.00. The van der Waals surface area contributed by atoms with Crippen LogP contribution < -0.4 is 27.1 Å². The van der Waals surface area contributed by atoms with Crippen molar-refractivity contribution in [1.82, 2.24) is 0 Å². The Kier molecular flexibility index (Phi) is 5.30. The normalized spacial score (nSPS) is 10.7. The third-order valence-corrected chi connectivity index (χ3v) is 4.65. The van der Waals surface area contributed by atoms with Crippen molar-refractivity contribution in [2.24, 2.45) is 0 Å². The predicted octanol–water partition coefficient (Wildman–Crippen LogP) is 1.06. The largest absolute Gasteiger partial charge is 1.00 e. The molecule has 0 fully saturated rings. The van der Waals surface area contributed by atoms with Crippen LogP contribution in [0.2, 0.25) is 0 Å². The fraction of sp³-hybridized carbons (Fsp3) is 0.100. The average molecular weight is 433 g/mol. The molecule has 0 saturated carbocycles. The number of fused-ring (bicyclic) bond motifs is 2. The van der Waals surface area contributed by atoms with E-state index in [9.17, 15) is 4.79 Å². The number of nitrogens with zero attached hydrogens (tertiary/aromatic N) is 1. The number of ether oxygens (including phenoxy) is 1. The molecule has 0 saturated heterocycles. The van der Waals surface area contributed by atoms with Gasteiger partial charge in [-0.25, -0.2) is 0 Å². The minimum atomic E-state index is -0.0263. The lowest BCUT2D eigenvalue weighted by atomic mass is 10.1. The van der Waals surface area contributed by atoms with Gasteiger partial charge < -0.3 is 21.6 Å². The second-order valence-electron chi connectivity index (χ2n) is 5.81. The van der Waals surface area contributed by atoms with Crippen LogP contribution in [0.1, 0.15) is 5.56 Å². The number of aromatic nitrogens is 1. The van der Waals surface area contributed by atoms with E-state index in [-0.39, 0.29) is 17.8 Å². The lowest BCUT2D eigenvalue weighted by molar-refractivity contribution is -0.687. The fourth-order valence-electron chi connectivity index (χ4n) is 2.86. The van der Waals surface area contributed by atoms with Crippen LogP contribution in [-0.4, -0.2) is 7.11 Å². The highest BCUT2D eigenvalue weighted by Gasteiger charge is 2.13. The Hall–Kier alpha value is -2.37. The van der Waals surface area contributed by atoms with Crippen molar-refractivity contribution >= 4 is 37.9 Å². The first-order chi connectivity index (χ1) is 12.1. The Morgan fingerprint density at radius 2 is 1.77 bits per heavy atom. The highest BCUT2D eigenvalue weighted by atomic mass is 79.9. The van der Waals surface area contributed by atoms with E-state index in [1.165, 1.54) is 0 Å². The molecule has 0 aliphatic heterocycles. The van der Waals surface area contributed by atoms with Crippen LogP contribution in [0.25, 0.3) is 21.9 Å². The van der Waals surface area contributed by atoms with Crippen LogP contribution in [0, 0.1) is 0 Å². The van der Waals surface area contributed by atoms with Gasteiger partial charge in [-0.15, -0.1) is 0 Å². The van der Waals surface area contributed by atoms with Crippen molar-refractivity contribution in [3.8, 4) is 5.75 Å². The standard InChI is InChI=1S/C20H15BrNO3.ClH/c1-24-15-5-2-13(3-6-15)11-22-9-8-19-17(12-22)20(23)16-10-14(21)4-7-18(16)25-19;/h2-10,12H,11H2,1H3;1H/q+1;/p-1. The Morgan fingerprint density at radius 1 is 1.04 bits per heavy atom. The smallest absolute Gasteiger partial charge is 0.206 e. The number of hydrogen-bond acceptors (Lipinski definition) is 3. The summed E-state index contributed by atoms with van der Waals surface area (Å²) in [7, 11) is 1.65. The summed E-state index contributed by atoms with van der Waals surface area (Å²) in [6, 6.07) is 15.2. The van der Waals surface area contributed by atoms with Crippen molar-refractivity contribution in [2.45, 2.75) is 6.54 Å². The van der Waals surface area contributed by atoms with E-state index in [0.29, 0.717) is 28.5 Å². The molecule has 0 aliphatic carbocycles. The number of halogens is 2. The van der Waals surface area contributed by atoms with Gasteiger partial charge in [-0.1, -0.05) is 15.9 Å². The van der Waals surface area contributed by atoms with Gasteiger partial charge in [0.15, 0.2) is 24.5 Å². The molecule has 0 unspecified atom stereocenters. The molecule has 0 radical (unpaired) electrons. The van der Waals surface area contributed by atoms with E-state index in [0.717, 1.165) is 15.8 Å². The van der Waals surface area contributed by atoms with E-state index in [4.69, 9.17) is 9.15 Å². The van der Waals surface area contributed by atoms with Crippen LogP contribution in [0.3, 0.4) is 0 Å². The van der Waals surface area contributed by atoms with E-state index in [1.807, 2.05) is 53.4 Å². The van der Waals surface area contributed by atoms with Crippen molar-refractivity contribution in [3.05, 3.63) is 81.2 Å². The first kappa shape index (κ1) is 18.4. The van der Waals surface area contributed by atoms with Gasteiger partial charge in [-0.05, 0) is 42.5 Å². The van der Waals surface area contributed by atoms with Gasteiger partial charge in [0.05, 0.1) is 12.5 Å². The molecule has 2 aromatic heterocycles. The summed E-state index contributed by atoms with van der Waals surface area (Å²) < 4.78 is 13.9. The molecule has 0 spiro atoms. The van der Waals surface area contributed by atoms with Gasteiger partial charge in [0.25, 0.3) is 0 Å². The Morgan fingerprint density at radius 3 is 2.50 bits per heavy atom. The first-order valence-corrected chi connectivity index (χ1v) is 8.61. The van der Waals surface area contributed by atoms with Crippen LogP contribution >= 0.6 is 15.9 Å². The number of methoxy groups -OCH3 is 1. The molecule has 0 N–H and O–H groups in total. The first-order valence-electron chi connectivity index (χ1n) is 7.82. The van der Waals surface area contributed by atoms with Gasteiger partial charge in [0, 0.05) is 16.1 Å². The van der Waals surface area contributed by atoms with Crippen molar-refractivity contribution in [1.29, 1.82) is 0 Å². The average Bonchev–Trinajstić information content (AvgIpc) is 2.64. The SMILES string of the molecule is COc1ccc(C[n+]2ccc3oc4ccc(Br)cc4c(=O)c3c2)cc1.[Cl-]. The molecule has 132 valence electrons. The maximum atomic E-state index is 12.8. The molecule has 0 bridgehead atoms. The third-order valence-electron chi connectivity index (χ3n) is 4.15. The summed E-state index contributed by atoms with van der Waals surface area (Å²) in [5.41, 5.74) is 2.28. The molecule has 0 amide bonds. The van der Waals surface area contributed by atoms with Gasteiger partial charge in [0.2, 0.25) is 5.43 Å². The molecular weight excluding hydrogens is 418 g/mol. The molecule has 2 aromatic carbocycles. The second-order valence-corrected chi connectivity index (χ2v) is 6.73. The Balaban J connectivity index is 0.00000196. The molecule has 26 heavy (non-hydrogen) atoms. The zero-order valence-corrected chi connectivity index (χ0v) is 16.3. The number of rotatable bonds is 3. The van der Waals surface area contributed by atoms with Gasteiger partial charge in [0.1, 0.15) is 16.7 Å². The van der Waals surface area contributed by atoms with Crippen molar-refractivity contribution < 1.29 is 26.1 Å². The molecule has 4 rings (SSSR count). The minimum Gasteiger partial charge on any atom is -1.00 e. The summed E-state index contributed by atoms with van der Waals surface area (Å²) in [5, 5.41) is 1.14. The number of hydrogen-bond donors (Lipinski definition) is 0. The van der Waals surface area contributed by atoms with E-state index in [2.05, 4.69) is 15.9 Å². The van der Waals surface area contributed by atoms with Crippen molar-refractivity contribution in [2.75, 3.05) is 7.11 Å². The predicted molar refractivity (Wildman–Crippen MR) is 100.0 cm³/mol. The molecule has 0 atom stereocenters. The van der Waals surface area contributed by atoms with Gasteiger partial charge in [-0.2, -0.15) is 4.57 Å². The summed E-state index contributed by atoms with van der Waals surface area (Å²) in [6.45, 7) is 0.663. The quantitative estimate of drug-likeness (QED) is 0.359. The third kappa shape index (κ3) is 3.45. The molecule has 2 heterocycles. The summed E-state index contributed by atoms with van der Waals surface area (Å²) in [4.78, 5) is 12.8. The Labute approximate surface area is 164 Å². The van der Waals surface area contributed by atoms with Crippen LogP contribution in [0.5, 0.6) is 5.75 Å². The van der Waals surface area contributed by atoms with E-state index in [1.54, 1.807) is 19.2 Å². The summed E-state index contributed by atoms with van der Waals surface area (Å²) in [5.74, 6) is 0.824. The lowest BCUT2D eigenvalue weighted by Gasteiger charge is -2.03. The fourth-order valence-corrected chi connectivity index (χ4v) is 3.22. The zero-order valence-electron chi connectivity index (χ0n) is 13.9. The highest BCUT2D eigenvalue weighted by molar-refractivity contribution is 9.10. The Bertz CT molecular complexity index is 1140. The van der Waals surface area contributed by atoms with Crippen LogP contribution in [-0.2, 0) is 6.54 Å². The van der Waals surface area contributed by atoms with E-state index < -0.39 is 0 Å².